The van der Waals surface area contributed by atoms with Crippen molar-refractivity contribution in [3.05, 3.63) is 78.4 Å². The summed E-state index contributed by atoms with van der Waals surface area (Å²) >= 11 is 0. The molecule has 4 aromatic rings. The summed E-state index contributed by atoms with van der Waals surface area (Å²) in [4.78, 5) is 16.8. The summed E-state index contributed by atoms with van der Waals surface area (Å²) in [5, 5.41) is 9.56. The number of nitrogens with zero attached hydrogens (tertiary/aromatic N) is 2. The fourth-order valence-electron chi connectivity index (χ4n) is 2.78. The minimum absolute atomic E-state index is 0.364. The second-order valence-corrected chi connectivity index (χ2v) is 6.13. The smallest absolute Gasteiger partial charge is 0.323 e. The quantitative estimate of drug-likeness (QED) is 0.500. The number of carbonyl (C=O) groups is 1. The summed E-state index contributed by atoms with van der Waals surface area (Å²) < 4.78 is 15.8. The summed E-state index contributed by atoms with van der Waals surface area (Å²) in [6.45, 7) is 0. The lowest BCUT2D eigenvalue weighted by Crippen LogP contribution is -2.20. The highest BCUT2D eigenvalue weighted by Crippen LogP contribution is 2.22. The zero-order valence-electron chi connectivity index (χ0n) is 15.6. The van der Waals surface area contributed by atoms with Gasteiger partial charge in [0, 0.05) is 17.4 Å². The van der Waals surface area contributed by atoms with Crippen LogP contribution in [-0.4, -0.2) is 23.3 Å². The number of urea groups is 1. The van der Waals surface area contributed by atoms with Crippen LogP contribution < -0.4 is 15.4 Å². The van der Waals surface area contributed by atoms with Crippen LogP contribution in [0.1, 0.15) is 11.5 Å². The van der Waals surface area contributed by atoms with Gasteiger partial charge in [-0.3, -0.25) is 0 Å². The molecule has 2 aromatic carbocycles. The van der Waals surface area contributed by atoms with Gasteiger partial charge in [-0.1, -0.05) is 29.4 Å². The highest BCUT2D eigenvalue weighted by Gasteiger charge is 2.14. The largest absolute Gasteiger partial charge is 0.497 e. The van der Waals surface area contributed by atoms with Crippen molar-refractivity contribution >= 4 is 17.4 Å². The van der Waals surface area contributed by atoms with Crippen LogP contribution in [0.3, 0.4) is 0 Å². The molecule has 8 heteroatoms. The van der Waals surface area contributed by atoms with Crippen LogP contribution >= 0.6 is 0 Å². The topological polar surface area (TPSA) is 102 Å². The maximum Gasteiger partial charge on any atom is 0.323 e. The van der Waals surface area contributed by atoms with E-state index in [2.05, 4.69) is 20.8 Å². The average molecular weight is 390 g/mol. The van der Waals surface area contributed by atoms with Gasteiger partial charge in [0.2, 0.25) is 11.7 Å². The van der Waals surface area contributed by atoms with Crippen LogP contribution in [0.4, 0.5) is 16.2 Å². The predicted octanol–water partition coefficient (Wildman–Crippen LogP) is 4.57. The Labute approximate surface area is 166 Å². The first-order valence-electron chi connectivity index (χ1n) is 8.88. The maximum atomic E-state index is 12.4. The molecular formula is C21H18N4O4. The van der Waals surface area contributed by atoms with Crippen molar-refractivity contribution < 1.29 is 18.5 Å². The SMILES string of the molecule is COc1cccc(NC(=O)Nc2ccccc2Cc2nc(-c3ccco3)no2)c1. The van der Waals surface area contributed by atoms with Crippen molar-refractivity contribution in [2.75, 3.05) is 17.7 Å². The fraction of sp³-hybridized carbons (Fsp3) is 0.0952. The Balaban J connectivity index is 1.46. The second-order valence-electron chi connectivity index (χ2n) is 6.13. The zero-order valence-corrected chi connectivity index (χ0v) is 15.6. The zero-order chi connectivity index (χ0) is 20.1. The first-order valence-corrected chi connectivity index (χ1v) is 8.88. The average Bonchev–Trinajstić information content (AvgIpc) is 3.41. The van der Waals surface area contributed by atoms with Gasteiger partial charge in [0.15, 0.2) is 5.76 Å². The number of furan rings is 1. The molecule has 0 spiro atoms. The van der Waals surface area contributed by atoms with Crippen LogP contribution in [0.5, 0.6) is 5.75 Å². The Morgan fingerprint density at radius 1 is 1.07 bits per heavy atom. The molecule has 0 bridgehead atoms. The van der Waals surface area contributed by atoms with Crippen LogP contribution in [0.2, 0.25) is 0 Å². The number of aromatic nitrogens is 2. The molecule has 2 heterocycles. The van der Waals surface area contributed by atoms with Gasteiger partial charge in [-0.15, -0.1) is 0 Å². The lowest BCUT2D eigenvalue weighted by Gasteiger charge is -2.11. The first-order chi connectivity index (χ1) is 14.2. The first kappa shape index (κ1) is 18.3. The maximum absolute atomic E-state index is 12.4. The number of anilines is 2. The molecule has 0 saturated carbocycles. The molecule has 29 heavy (non-hydrogen) atoms. The van der Waals surface area contributed by atoms with E-state index in [-0.39, 0.29) is 6.03 Å². The van der Waals surface area contributed by atoms with Gasteiger partial charge in [0.05, 0.1) is 19.8 Å². The third-order valence-electron chi connectivity index (χ3n) is 4.14. The summed E-state index contributed by atoms with van der Waals surface area (Å²) in [6, 6.07) is 17.7. The Bertz CT molecular complexity index is 1110. The fourth-order valence-corrected chi connectivity index (χ4v) is 2.78. The molecule has 0 unspecified atom stereocenters. The van der Waals surface area contributed by atoms with Crippen molar-refractivity contribution in [2.45, 2.75) is 6.42 Å². The molecule has 0 aliphatic heterocycles. The third-order valence-corrected chi connectivity index (χ3v) is 4.14. The van der Waals surface area contributed by atoms with Crippen LogP contribution in [-0.2, 0) is 6.42 Å². The van der Waals surface area contributed by atoms with E-state index >= 15 is 0 Å². The molecule has 2 amide bonds. The number of nitrogens with one attached hydrogen (secondary N) is 2. The van der Waals surface area contributed by atoms with E-state index in [0.29, 0.717) is 41.0 Å². The number of amides is 2. The molecule has 0 radical (unpaired) electrons. The van der Waals surface area contributed by atoms with Crippen molar-refractivity contribution in [1.82, 2.24) is 10.1 Å². The predicted molar refractivity (Wildman–Crippen MR) is 107 cm³/mol. The van der Waals surface area contributed by atoms with E-state index in [1.807, 2.05) is 24.3 Å². The second kappa shape index (κ2) is 8.30. The van der Waals surface area contributed by atoms with Gasteiger partial charge in [-0.2, -0.15) is 4.98 Å². The van der Waals surface area contributed by atoms with Crippen LogP contribution in [0.15, 0.2) is 75.9 Å². The summed E-state index contributed by atoms with van der Waals surface area (Å²) in [6.07, 6.45) is 1.91. The van der Waals surface area contributed by atoms with Gasteiger partial charge >= 0.3 is 6.03 Å². The van der Waals surface area contributed by atoms with Crippen molar-refractivity contribution in [1.29, 1.82) is 0 Å². The van der Waals surface area contributed by atoms with Crippen molar-refractivity contribution in [3.8, 4) is 17.3 Å². The van der Waals surface area contributed by atoms with Gasteiger partial charge in [-0.05, 0) is 35.9 Å². The molecule has 4 rings (SSSR count). The highest BCUT2D eigenvalue weighted by atomic mass is 16.5. The Kier molecular flexibility index (Phi) is 5.24. The molecule has 0 saturated heterocycles. The number of ether oxygens (including phenoxy) is 1. The Hall–Kier alpha value is -4.07. The van der Waals surface area contributed by atoms with E-state index in [9.17, 15) is 4.79 Å². The summed E-state index contributed by atoms with van der Waals surface area (Å²) in [5.74, 6) is 1.99. The monoisotopic (exact) mass is 390 g/mol. The van der Waals surface area contributed by atoms with Gasteiger partial charge in [-0.25, -0.2) is 4.79 Å². The Morgan fingerprint density at radius 3 is 2.79 bits per heavy atom. The molecule has 0 aliphatic rings. The molecule has 0 atom stereocenters. The molecule has 8 nitrogen and oxygen atoms in total. The number of carbonyl (C=O) groups excluding carboxylic acids is 1. The van der Waals surface area contributed by atoms with Gasteiger partial charge in [0.1, 0.15) is 5.75 Å². The molecule has 2 N–H and O–H groups in total. The lowest BCUT2D eigenvalue weighted by molar-refractivity contribution is 0.262. The molecule has 2 aromatic heterocycles. The normalized spacial score (nSPS) is 10.5. The van der Waals surface area contributed by atoms with E-state index in [1.54, 1.807) is 49.8 Å². The van der Waals surface area contributed by atoms with Crippen molar-refractivity contribution in [3.63, 3.8) is 0 Å². The van der Waals surface area contributed by atoms with E-state index in [0.717, 1.165) is 5.56 Å². The van der Waals surface area contributed by atoms with Crippen LogP contribution in [0.25, 0.3) is 11.6 Å². The summed E-state index contributed by atoms with van der Waals surface area (Å²) in [7, 11) is 1.57. The van der Waals surface area contributed by atoms with E-state index in [1.165, 1.54) is 0 Å². The Morgan fingerprint density at radius 2 is 1.97 bits per heavy atom. The minimum atomic E-state index is -0.368. The number of methoxy groups -OCH3 is 1. The molecular weight excluding hydrogens is 372 g/mol. The summed E-state index contributed by atoms with van der Waals surface area (Å²) in [5.41, 5.74) is 2.10. The number of hydrogen-bond acceptors (Lipinski definition) is 6. The van der Waals surface area contributed by atoms with Crippen LogP contribution in [0, 0.1) is 0 Å². The molecule has 0 aliphatic carbocycles. The minimum Gasteiger partial charge on any atom is -0.497 e. The van der Waals surface area contributed by atoms with E-state index in [4.69, 9.17) is 13.7 Å². The number of rotatable bonds is 6. The van der Waals surface area contributed by atoms with E-state index < -0.39 is 0 Å². The molecule has 0 fully saturated rings. The number of benzene rings is 2. The molecule has 146 valence electrons. The highest BCUT2D eigenvalue weighted by molar-refractivity contribution is 6.00. The van der Waals surface area contributed by atoms with Crippen molar-refractivity contribution in [2.24, 2.45) is 0 Å². The standard InChI is InChI=1S/C21H18N4O4/c1-27-16-8-4-7-15(13-16)22-21(26)23-17-9-3-2-6-14(17)12-19-24-20(25-29-19)18-10-5-11-28-18/h2-11,13H,12H2,1H3,(H2,22,23,26). The van der Waals surface area contributed by atoms with Gasteiger partial charge in [0.25, 0.3) is 0 Å². The third kappa shape index (κ3) is 4.44. The van der Waals surface area contributed by atoms with Gasteiger partial charge < -0.3 is 24.3 Å². The number of para-hydroxylation sites is 1. The number of hydrogen-bond donors (Lipinski definition) is 2. The lowest BCUT2D eigenvalue weighted by atomic mass is 10.1.